The van der Waals surface area contributed by atoms with E-state index in [9.17, 15) is 4.79 Å². The van der Waals surface area contributed by atoms with Crippen LogP contribution in [-0.2, 0) is 4.79 Å². The molecule has 1 amide bonds. The first-order chi connectivity index (χ1) is 14.5. The number of amides is 1. The average molecular weight is 406 g/mol. The van der Waals surface area contributed by atoms with E-state index in [4.69, 9.17) is 9.15 Å². The Labute approximate surface area is 176 Å². The van der Waals surface area contributed by atoms with Crippen LogP contribution in [0.15, 0.2) is 53.1 Å². The highest BCUT2D eigenvalue weighted by Gasteiger charge is 2.27. The molecule has 1 saturated heterocycles. The molecule has 1 atom stereocenters. The summed E-state index contributed by atoms with van der Waals surface area (Å²) in [6.07, 6.45) is 1.09. The van der Waals surface area contributed by atoms with Gasteiger partial charge in [0.15, 0.2) is 17.7 Å². The lowest BCUT2D eigenvalue weighted by molar-refractivity contribution is -0.138. The van der Waals surface area contributed by atoms with Crippen molar-refractivity contribution in [1.29, 1.82) is 0 Å². The van der Waals surface area contributed by atoms with Crippen molar-refractivity contribution in [3.8, 4) is 17.2 Å². The number of anilines is 1. The van der Waals surface area contributed by atoms with Gasteiger partial charge in [0.25, 0.3) is 5.91 Å². The fourth-order valence-corrected chi connectivity index (χ4v) is 3.56. The van der Waals surface area contributed by atoms with Crippen LogP contribution >= 0.6 is 0 Å². The zero-order valence-corrected chi connectivity index (χ0v) is 17.5. The molecule has 2 aromatic heterocycles. The molecule has 0 saturated carbocycles. The largest absolute Gasteiger partial charge is 0.481 e. The molecule has 1 aliphatic rings. The molecule has 30 heavy (non-hydrogen) atoms. The summed E-state index contributed by atoms with van der Waals surface area (Å²) in [5.41, 5.74) is 2.92. The van der Waals surface area contributed by atoms with Gasteiger partial charge in [0, 0.05) is 26.2 Å². The molecule has 1 fully saturated rings. The quantitative estimate of drug-likeness (QED) is 0.646. The van der Waals surface area contributed by atoms with Crippen molar-refractivity contribution in [2.24, 2.45) is 0 Å². The van der Waals surface area contributed by atoms with Crippen LogP contribution in [0.5, 0.6) is 5.75 Å². The molecule has 7 heteroatoms. The molecule has 7 nitrogen and oxygen atoms in total. The Morgan fingerprint density at radius 3 is 2.50 bits per heavy atom. The van der Waals surface area contributed by atoms with E-state index in [2.05, 4.69) is 15.1 Å². The first kappa shape index (κ1) is 19.9. The van der Waals surface area contributed by atoms with Crippen molar-refractivity contribution >= 4 is 11.7 Å². The lowest BCUT2D eigenvalue weighted by Crippen LogP contribution is -2.52. The molecule has 0 N–H and O–H groups in total. The van der Waals surface area contributed by atoms with Gasteiger partial charge in [0.1, 0.15) is 11.4 Å². The van der Waals surface area contributed by atoms with Crippen molar-refractivity contribution in [3.63, 3.8) is 0 Å². The van der Waals surface area contributed by atoms with E-state index < -0.39 is 6.10 Å². The first-order valence-corrected chi connectivity index (χ1v) is 10.2. The second-order valence-corrected chi connectivity index (χ2v) is 7.52. The normalized spacial score (nSPS) is 15.2. The molecule has 1 aromatic carbocycles. The number of piperazine rings is 1. The first-order valence-electron chi connectivity index (χ1n) is 10.2. The standard InChI is InChI=1S/C23H26N4O3/c1-16-6-4-7-20(17(16)2)30-18(3)23(28)27-13-11-26(12-14-27)22-10-9-19(24-25-22)21-8-5-15-29-21/h4-10,15,18H,11-14H2,1-3H3. The molecular formula is C23H26N4O3. The summed E-state index contributed by atoms with van der Waals surface area (Å²) in [6, 6.07) is 13.4. The summed E-state index contributed by atoms with van der Waals surface area (Å²) in [5, 5.41) is 8.58. The third kappa shape index (κ3) is 4.15. The molecule has 3 heterocycles. The number of nitrogens with zero attached hydrogens (tertiary/aromatic N) is 4. The Kier molecular flexibility index (Phi) is 5.70. The number of aromatic nitrogens is 2. The molecule has 1 unspecified atom stereocenters. The highest BCUT2D eigenvalue weighted by Crippen LogP contribution is 2.23. The number of hydrogen-bond acceptors (Lipinski definition) is 6. The third-order valence-electron chi connectivity index (χ3n) is 5.55. The molecule has 156 valence electrons. The Bertz CT molecular complexity index is 994. The van der Waals surface area contributed by atoms with Crippen LogP contribution in [0.4, 0.5) is 5.82 Å². The molecule has 0 aliphatic carbocycles. The smallest absolute Gasteiger partial charge is 0.263 e. The number of aryl methyl sites for hydroxylation is 1. The third-order valence-corrected chi connectivity index (χ3v) is 5.55. The second kappa shape index (κ2) is 8.57. The van der Waals surface area contributed by atoms with Crippen LogP contribution in [0.25, 0.3) is 11.5 Å². The average Bonchev–Trinajstić information content (AvgIpc) is 3.32. The van der Waals surface area contributed by atoms with Crippen molar-refractivity contribution in [2.75, 3.05) is 31.1 Å². The minimum Gasteiger partial charge on any atom is -0.481 e. The number of carbonyl (C=O) groups excluding carboxylic acids is 1. The topological polar surface area (TPSA) is 71.7 Å². The maximum Gasteiger partial charge on any atom is 0.263 e. The van der Waals surface area contributed by atoms with Gasteiger partial charge in [-0.3, -0.25) is 4.79 Å². The monoisotopic (exact) mass is 406 g/mol. The van der Waals surface area contributed by atoms with Gasteiger partial charge >= 0.3 is 0 Å². The summed E-state index contributed by atoms with van der Waals surface area (Å²) < 4.78 is 11.3. The number of benzene rings is 1. The molecular weight excluding hydrogens is 380 g/mol. The number of ether oxygens (including phenoxy) is 1. The lowest BCUT2D eigenvalue weighted by atomic mass is 10.1. The van der Waals surface area contributed by atoms with Crippen LogP contribution in [0.2, 0.25) is 0 Å². The molecule has 1 aliphatic heterocycles. The predicted octanol–water partition coefficient (Wildman–Crippen LogP) is 3.47. The fraction of sp³-hybridized carbons (Fsp3) is 0.348. The number of hydrogen-bond donors (Lipinski definition) is 0. The van der Waals surface area contributed by atoms with Crippen LogP contribution < -0.4 is 9.64 Å². The minimum atomic E-state index is -0.524. The maximum atomic E-state index is 12.9. The SMILES string of the molecule is Cc1cccc(OC(C)C(=O)N2CCN(c3ccc(-c4ccco4)nn3)CC2)c1C. The van der Waals surface area contributed by atoms with Gasteiger partial charge in [-0.05, 0) is 62.2 Å². The lowest BCUT2D eigenvalue weighted by Gasteiger charge is -2.36. The summed E-state index contributed by atoms with van der Waals surface area (Å²) in [5.74, 6) is 2.27. The van der Waals surface area contributed by atoms with E-state index in [0.717, 1.165) is 22.7 Å². The van der Waals surface area contributed by atoms with E-state index in [1.54, 1.807) is 6.26 Å². The van der Waals surface area contributed by atoms with E-state index in [1.807, 2.05) is 68.1 Å². The zero-order valence-electron chi connectivity index (χ0n) is 17.5. The Hall–Kier alpha value is -3.35. The van der Waals surface area contributed by atoms with Crippen molar-refractivity contribution in [2.45, 2.75) is 26.9 Å². The van der Waals surface area contributed by atoms with Gasteiger partial charge in [0.05, 0.1) is 6.26 Å². The zero-order chi connectivity index (χ0) is 21.1. The number of carbonyl (C=O) groups is 1. The van der Waals surface area contributed by atoms with Gasteiger partial charge < -0.3 is 19.0 Å². The van der Waals surface area contributed by atoms with Gasteiger partial charge in [-0.15, -0.1) is 10.2 Å². The van der Waals surface area contributed by atoms with E-state index in [-0.39, 0.29) is 5.91 Å². The fourth-order valence-electron chi connectivity index (χ4n) is 3.56. The van der Waals surface area contributed by atoms with E-state index >= 15 is 0 Å². The van der Waals surface area contributed by atoms with Gasteiger partial charge in [-0.25, -0.2) is 0 Å². The predicted molar refractivity (Wildman–Crippen MR) is 115 cm³/mol. The van der Waals surface area contributed by atoms with E-state index in [1.165, 1.54) is 0 Å². The summed E-state index contributed by atoms with van der Waals surface area (Å²) in [7, 11) is 0. The molecule has 4 rings (SSSR count). The van der Waals surface area contributed by atoms with Gasteiger partial charge in [-0.2, -0.15) is 0 Å². The van der Waals surface area contributed by atoms with Gasteiger partial charge in [0.2, 0.25) is 0 Å². The number of rotatable bonds is 5. The number of furan rings is 1. The Balaban J connectivity index is 1.33. The van der Waals surface area contributed by atoms with Crippen LogP contribution in [0.1, 0.15) is 18.1 Å². The summed E-state index contributed by atoms with van der Waals surface area (Å²) in [6.45, 7) is 8.53. The summed E-state index contributed by atoms with van der Waals surface area (Å²) in [4.78, 5) is 16.9. The van der Waals surface area contributed by atoms with E-state index in [0.29, 0.717) is 37.6 Å². The Morgan fingerprint density at radius 1 is 1.03 bits per heavy atom. The highest BCUT2D eigenvalue weighted by molar-refractivity contribution is 5.81. The molecule has 0 spiro atoms. The van der Waals surface area contributed by atoms with Crippen molar-refractivity contribution in [3.05, 3.63) is 59.9 Å². The molecule has 0 bridgehead atoms. The Morgan fingerprint density at radius 2 is 1.83 bits per heavy atom. The van der Waals surface area contributed by atoms with Crippen molar-refractivity contribution < 1.29 is 13.9 Å². The minimum absolute atomic E-state index is 0.00908. The summed E-state index contributed by atoms with van der Waals surface area (Å²) >= 11 is 0. The highest BCUT2D eigenvalue weighted by atomic mass is 16.5. The van der Waals surface area contributed by atoms with Crippen LogP contribution in [0.3, 0.4) is 0 Å². The molecule has 3 aromatic rings. The van der Waals surface area contributed by atoms with Crippen LogP contribution in [-0.4, -0.2) is 53.3 Å². The molecule has 0 radical (unpaired) electrons. The second-order valence-electron chi connectivity index (χ2n) is 7.52. The van der Waals surface area contributed by atoms with Crippen molar-refractivity contribution in [1.82, 2.24) is 15.1 Å². The van der Waals surface area contributed by atoms with Gasteiger partial charge in [-0.1, -0.05) is 12.1 Å². The van der Waals surface area contributed by atoms with Crippen LogP contribution in [0, 0.1) is 13.8 Å². The maximum absolute atomic E-state index is 12.9.